The summed E-state index contributed by atoms with van der Waals surface area (Å²) in [6.45, 7) is 13.7. The summed E-state index contributed by atoms with van der Waals surface area (Å²) in [6, 6.07) is 6.94. The van der Waals surface area contributed by atoms with Crippen molar-refractivity contribution in [1.82, 2.24) is 0 Å². The van der Waals surface area contributed by atoms with Crippen molar-refractivity contribution in [3.8, 4) is 0 Å². The van der Waals surface area contributed by atoms with Crippen LogP contribution in [0.4, 0.5) is 0 Å². The minimum atomic E-state index is 0.0918. The zero-order valence-electron chi connectivity index (χ0n) is 15.4. The highest BCUT2D eigenvalue weighted by Gasteiger charge is 2.41. The second-order valence-corrected chi connectivity index (χ2v) is 8.04. The smallest absolute Gasteiger partial charge is 0.0617 e. The summed E-state index contributed by atoms with van der Waals surface area (Å²) in [7, 11) is 0. The second-order valence-electron chi connectivity index (χ2n) is 8.04. The molecule has 0 saturated heterocycles. The van der Waals surface area contributed by atoms with Gasteiger partial charge in [-0.2, -0.15) is 0 Å². The molecule has 1 N–H and O–H groups in total. The molecule has 1 aliphatic carbocycles. The normalized spacial score (nSPS) is 20.1. The van der Waals surface area contributed by atoms with Gasteiger partial charge in [0.1, 0.15) is 0 Å². The molecule has 0 heterocycles. The first kappa shape index (κ1) is 17.7. The molecule has 0 saturated carbocycles. The Morgan fingerprint density at radius 1 is 1.09 bits per heavy atom. The summed E-state index contributed by atoms with van der Waals surface area (Å²) < 4.78 is 0. The summed E-state index contributed by atoms with van der Waals surface area (Å²) in [5, 5.41) is 8.88. The van der Waals surface area contributed by atoms with Gasteiger partial charge in [0.25, 0.3) is 0 Å². The molecule has 0 spiro atoms. The van der Waals surface area contributed by atoms with Gasteiger partial charge in [0.2, 0.25) is 0 Å². The van der Waals surface area contributed by atoms with Crippen molar-refractivity contribution in [2.75, 3.05) is 6.61 Å². The van der Waals surface area contributed by atoms with Gasteiger partial charge < -0.3 is 5.11 Å². The van der Waals surface area contributed by atoms with Crippen LogP contribution in [0, 0.1) is 0 Å². The lowest BCUT2D eigenvalue weighted by molar-refractivity contribution is 0.342. The van der Waals surface area contributed by atoms with Crippen LogP contribution in [-0.4, -0.2) is 11.7 Å². The number of aliphatic hydroxyl groups excluding tert-OH is 1. The average Bonchev–Trinajstić information content (AvgIpc) is 2.64. The topological polar surface area (TPSA) is 20.2 Å². The van der Waals surface area contributed by atoms with E-state index in [4.69, 9.17) is 5.11 Å². The maximum absolute atomic E-state index is 8.88. The van der Waals surface area contributed by atoms with E-state index in [1.807, 2.05) is 13.0 Å². The minimum absolute atomic E-state index is 0.0918. The van der Waals surface area contributed by atoms with E-state index in [9.17, 15) is 0 Å². The van der Waals surface area contributed by atoms with E-state index in [-0.39, 0.29) is 17.4 Å². The van der Waals surface area contributed by atoms with Crippen molar-refractivity contribution >= 4 is 5.57 Å². The first-order chi connectivity index (χ1) is 10.7. The van der Waals surface area contributed by atoms with Gasteiger partial charge >= 0.3 is 0 Å². The zero-order valence-corrected chi connectivity index (χ0v) is 15.4. The summed E-state index contributed by atoms with van der Waals surface area (Å²) in [4.78, 5) is 0. The first-order valence-corrected chi connectivity index (χ1v) is 8.45. The number of rotatable bonds is 4. The summed E-state index contributed by atoms with van der Waals surface area (Å²) in [5.41, 5.74) is 7.13. The van der Waals surface area contributed by atoms with Gasteiger partial charge in [-0.05, 0) is 53.4 Å². The van der Waals surface area contributed by atoms with Crippen molar-refractivity contribution in [2.45, 2.75) is 58.8 Å². The average molecular weight is 310 g/mol. The van der Waals surface area contributed by atoms with Gasteiger partial charge in [0.05, 0.1) is 6.61 Å². The Morgan fingerprint density at radius 2 is 1.74 bits per heavy atom. The zero-order chi connectivity index (χ0) is 17.3. The molecule has 1 heteroatoms. The molecular formula is C22H30O. The van der Waals surface area contributed by atoms with Crippen LogP contribution in [0.2, 0.25) is 0 Å². The summed E-state index contributed by atoms with van der Waals surface area (Å²) >= 11 is 0. The highest BCUT2D eigenvalue weighted by molar-refractivity contribution is 5.67. The van der Waals surface area contributed by atoms with Crippen molar-refractivity contribution in [1.29, 1.82) is 0 Å². The number of benzene rings is 1. The largest absolute Gasteiger partial charge is 0.392 e. The van der Waals surface area contributed by atoms with Crippen LogP contribution in [0.15, 0.2) is 48.1 Å². The molecule has 0 amide bonds. The van der Waals surface area contributed by atoms with Crippen molar-refractivity contribution in [2.24, 2.45) is 0 Å². The molecule has 0 radical (unpaired) electrons. The summed E-state index contributed by atoms with van der Waals surface area (Å²) in [5.74, 6) is 0. The van der Waals surface area contributed by atoms with Crippen LogP contribution in [0.3, 0.4) is 0 Å². The molecule has 124 valence electrons. The van der Waals surface area contributed by atoms with Crippen LogP contribution >= 0.6 is 0 Å². The van der Waals surface area contributed by atoms with E-state index < -0.39 is 0 Å². The van der Waals surface area contributed by atoms with Crippen LogP contribution in [0.1, 0.15) is 64.7 Å². The molecule has 1 nitrogen and oxygen atoms in total. The molecule has 0 aromatic heterocycles. The van der Waals surface area contributed by atoms with Gasteiger partial charge in [-0.15, -0.1) is 0 Å². The minimum Gasteiger partial charge on any atom is -0.392 e. The SMILES string of the molecule is CC(C=CC=C(C)c1ccc2c(c1)C(C)(C)CC2(C)C)=CCO. The quantitative estimate of drug-likeness (QED) is 0.723. The Labute approximate surface area is 141 Å². The molecule has 0 aliphatic heterocycles. The molecule has 0 fully saturated rings. The number of hydrogen-bond donors (Lipinski definition) is 1. The first-order valence-electron chi connectivity index (χ1n) is 8.45. The Hall–Kier alpha value is -1.60. The van der Waals surface area contributed by atoms with Crippen LogP contribution < -0.4 is 0 Å². The van der Waals surface area contributed by atoms with Gasteiger partial charge in [-0.25, -0.2) is 0 Å². The van der Waals surface area contributed by atoms with Crippen molar-refractivity contribution in [3.63, 3.8) is 0 Å². The van der Waals surface area contributed by atoms with Crippen molar-refractivity contribution < 1.29 is 5.11 Å². The third-order valence-electron chi connectivity index (χ3n) is 4.94. The molecule has 0 atom stereocenters. The maximum atomic E-state index is 8.88. The molecule has 1 aliphatic rings. The Balaban J connectivity index is 2.31. The van der Waals surface area contributed by atoms with E-state index >= 15 is 0 Å². The molecule has 2 rings (SSSR count). The monoisotopic (exact) mass is 310 g/mol. The molecule has 1 aromatic carbocycles. The Morgan fingerprint density at radius 3 is 2.39 bits per heavy atom. The molecule has 1 aromatic rings. The van der Waals surface area contributed by atoms with E-state index in [0.717, 1.165) is 5.57 Å². The predicted octanol–water partition coefficient (Wildman–Crippen LogP) is 5.54. The van der Waals surface area contributed by atoms with Gasteiger partial charge in [-0.1, -0.05) is 75.8 Å². The van der Waals surface area contributed by atoms with Crippen LogP contribution in [-0.2, 0) is 10.8 Å². The third-order valence-corrected chi connectivity index (χ3v) is 4.94. The lowest BCUT2D eigenvalue weighted by atomic mass is 9.82. The fourth-order valence-electron chi connectivity index (χ4n) is 3.89. The fourth-order valence-corrected chi connectivity index (χ4v) is 3.89. The fraction of sp³-hybridized carbons (Fsp3) is 0.455. The van der Waals surface area contributed by atoms with Crippen LogP contribution in [0.5, 0.6) is 0 Å². The third kappa shape index (κ3) is 3.84. The number of allylic oxidation sites excluding steroid dienone is 5. The van der Waals surface area contributed by atoms with Crippen LogP contribution in [0.25, 0.3) is 5.57 Å². The predicted molar refractivity (Wildman–Crippen MR) is 101 cm³/mol. The Bertz CT molecular complexity index is 669. The standard InChI is InChI=1S/C22H30O/c1-16(12-13-23)8-7-9-17(2)18-10-11-19-20(14-18)22(5,6)15-21(19,3)4/h7-12,14,23H,13,15H2,1-6H3. The number of hydrogen-bond acceptors (Lipinski definition) is 1. The lowest BCUT2D eigenvalue weighted by Gasteiger charge is -2.22. The van der Waals surface area contributed by atoms with E-state index in [1.54, 1.807) is 6.08 Å². The van der Waals surface area contributed by atoms with E-state index in [2.05, 4.69) is 65.0 Å². The number of fused-ring (bicyclic) bond motifs is 1. The molecular weight excluding hydrogens is 280 g/mol. The highest BCUT2D eigenvalue weighted by atomic mass is 16.2. The molecule has 0 unspecified atom stereocenters. The molecule has 23 heavy (non-hydrogen) atoms. The van der Waals surface area contributed by atoms with Gasteiger partial charge in [0.15, 0.2) is 0 Å². The summed E-state index contributed by atoms with van der Waals surface area (Å²) in [6.07, 6.45) is 9.23. The lowest BCUT2D eigenvalue weighted by Crippen LogP contribution is -2.17. The second kappa shape index (κ2) is 6.49. The highest BCUT2D eigenvalue weighted by Crippen LogP contribution is 2.49. The van der Waals surface area contributed by atoms with Gasteiger partial charge in [-0.3, -0.25) is 0 Å². The van der Waals surface area contributed by atoms with Crippen molar-refractivity contribution in [3.05, 3.63) is 64.8 Å². The van der Waals surface area contributed by atoms with E-state index in [0.29, 0.717) is 0 Å². The Kier molecular flexibility index (Phi) is 5.01. The maximum Gasteiger partial charge on any atom is 0.0617 e. The van der Waals surface area contributed by atoms with E-state index in [1.165, 1.54) is 28.7 Å². The molecule has 0 bridgehead atoms. The van der Waals surface area contributed by atoms with Gasteiger partial charge in [0, 0.05) is 0 Å². The number of aliphatic hydroxyl groups is 1.